The van der Waals surface area contributed by atoms with Gasteiger partial charge in [0.15, 0.2) is 0 Å². The first kappa shape index (κ1) is 29.7. The summed E-state index contributed by atoms with van der Waals surface area (Å²) in [6.45, 7) is 2.23. The van der Waals surface area contributed by atoms with Crippen LogP contribution in [0.5, 0.6) is 0 Å². The average Bonchev–Trinajstić information content (AvgIpc) is 1.61. The van der Waals surface area contributed by atoms with Gasteiger partial charge in [-0.05, 0) is 0 Å². The normalized spacial score (nSPS) is 5.20. The molecule has 5 heteroatoms. The van der Waals surface area contributed by atoms with Gasteiger partial charge in [-0.15, -0.1) is 49.6 Å². The van der Waals surface area contributed by atoms with Crippen LogP contribution in [0.4, 0.5) is 0 Å². The van der Waals surface area contributed by atoms with Crippen molar-refractivity contribution >= 4 is 49.6 Å². The van der Waals surface area contributed by atoms with Gasteiger partial charge >= 0.3 is 51.3 Å². The Morgan fingerprint density at radius 1 is 0.900 bits per heavy atom. The van der Waals surface area contributed by atoms with E-state index in [1.165, 1.54) is 24.0 Å². The third kappa shape index (κ3) is 32.7. The molecule has 0 aliphatic carbocycles. The molecule has 0 spiro atoms. The molecule has 0 aromatic rings. The maximum atomic E-state index is 2.23. The van der Waals surface area contributed by atoms with Crippen LogP contribution in [0.15, 0.2) is 0 Å². The second-order valence-electron chi connectivity index (χ2n) is 1.46. The SMILES string of the molecule is CCCC[CH2][Ti].Cl.Cl.Cl.Cl. The molecule has 0 aromatic heterocycles. The number of hydrogen-bond donors (Lipinski definition) is 0. The molecular formula is C5H15Cl4Ti. The molecule has 0 fully saturated rings. The van der Waals surface area contributed by atoms with E-state index >= 15 is 0 Å². The van der Waals surface area contributed by atoms with E-state index in [4.69, 9.17) is 0 Å². The average molecular weight is 265 g/mol. The Labute approximate surface area is 100 Å². The Kier molecular flexibility index (Phi) is 91.3. The van der Waals surface area contributed by atoms with Crippen molar-refractivity contribution < 1.29 is 20.4 Å². The zero-order valence-electron chi connectivity index (χ0n) is 5.96. The second kappa shape index (κ2) is 30.7. The minimum Gasteiger partial charge on any atom is -0.147 e. The van der Waals surface area contributed by atoms with Gasteiger partial charge in [-0.3, -0.25) is 0 Å². The smallest absolute Gasteiger partial charge is 0.147 e. The summed E-state index contributed by atoms with van der Waals surface area (Å²) in [7, 11) is 0. The predicted octanol–water partition coefficient (Wildman–Crippen LogP) is 3.83. The van der Waals surface area contributed by atoms with Crippen LogP contribution in [0.2, 0.25) is 4.73 Å². The summed E-state index contributed by atoms with van der Waals surface area (Å²) < 4.78 is 1.36. The molecule has 0 N–H and O–H groups in total. The minimum absolute atomic E-state index is 0. The molecule has 0 aliphatic rings. The van der Waals surface area contributed by atoms with Gasteiger partial charge in [0.05, 0.1) is 0 Å². The minimum atomic E-state index is 0. The first-order chi connectivity index (χ1) is 2.91. The topological polar surface area (TPSA) is 0 Å². The maximum Gasteiger partial charge on any atom is -0.147 e. The molecule has 0 aliphatic heterocycles. The van der Waals surface area contributed by atoms with E-state index < -0.39 is 0 Å². The molecule has 0 rings (SSSR count). The number of hydrogen-bond acceptors (Lipinski definition) is 0. The molecule has 0 saturated carbocycles. The first-order valence-electron chi connectivity index (χ1n) is 2.56. The summed E-state index contributed by atoms with van der Waals surface area (Å²) in [5, 5.41) is 0. The summed E-state index contributed by atoms with van der Waals surface area (Å²) >= 11 is 2.23. The molecule has 0 heterocycles. The van der Waals surface area contributed by atoms with E-state index in [1.54, 1.807) is 0 Å². The molecule has 10 heavy (non-hydrogen) atoms. The van der Waals surface area contributed by atoms with Crippen LogP contribution >= 0.6 is 49.6 Å². The first-order valence-corrected chi connectivity index (χ1v) is 3.66. The van der Waals surface area contributed by atoms with Gasteiger partial charge in [-0.2, -0.15) is 0 Å². The summed E-state index contributed by atoms with van der Waals surface area (Å²) in [6.07, 6.45) is 4.18. The fourth-order valence-corrected chi connectivity index (χ4v) is 0.765. The molecular weight excluding hydrogens is 250 g/mol. The van der Waals surface area contributed by atoms with E-state index in [-0.39, 0.29) is 49.6 Å². The van der Waals surface area contributed by atoms with Crippen molar-refractivity contribution in [2.24, 2.45) is 0 Å². The molecule has 0 saturated heterocycles. The molecule has 67 valence electrons. The third-order valence-electron chi connectivity index (χ3n) is 0.780. The quantitative estimate of drug-likeness (QED) is 0.537. The van der Waals surface area contributed by atoms with E-state index in [0.717, 1.165) is 0 Å². The zero-order valence-corrected chi connectivity index (χ0v) is 10.8. The number of halogens is 4. The Morgan fingerprint density at radius 3 is 1.40 bits per heavy atom. The van der Waals surface area contributed by atoms with Crippen molar-refractivity contribution in [1.82, 2.24) is 0 Å². The zero-order chi connectivity index (χ0) is 4.83. The summed E-state index contributed by atoms with van der Waals surface area (Å²) in [6, 6.07) is 0. The van der Waals surface area contributed by atoms with Crippen LogP contribution < -0.4 is 0 Å². The van der Waals surface area contributed by atoms with Crippen LogP contribution in [0.25, 0.3) is 0 Å². The van der Waals surface area contributed by atoms with Crippen molar-refractivity contribution in [3.05, 3.63) is 0 Å². The largest absolute Gasteiger partial charge is 0.147 e. The van der Waals surface area contributed by atoms with Crippen molar-refractivity contribution in [1.29, 1.82) is 0 Å². The Hall–Kier alpha value is 1.87. The van der Waals surface area contributed by atoms with Crippen LogP contribution in [-0.4, -0.2) is 0 Å². The molecule has 0 unspecified atom stereocenters. The fraction of sp³-hybridized carbons (Fsp3) is 1.00. The maximum absolute atomic E-state index is 2.23. The monoisotopic (exact) mass is 263 g/mol. The van der Waals surface area contributed by atoms with Gasteiger partial charge in [0.2, 0.25) is 0 Å². The van der Waals surface area contributed by atoms with Crippen molar-refractivity contribution in [3.8, 4) is 0 Å². The van der Waals surface area contributed by atoms with Crippen LogP contribution in [0, 0.1) is 0 Å². The van der Waals surface area contributed by atoms with Crippen LogP contribution in [-0.2, 0) is 20.4 Å². The molecule has 0 bridgehead atoms. The van der Waals surface area contributed by atoms with E-state index in [9.17, 15) is 0 Å². The second-order valence-corrected chi connectivity index (χ2v) is 2.24. The Bertz CT molecular complexity index is 25.6. The van der Waals surface area contributed by atoms with Gasteiger partial charge in [-0.1, -0.05) is 0 Å². The molecule has 0 radical (unpaired) electrons. The van der Waals surface area contributed by atoms with Gasteiger partial charge in [0.25, 0.3) is 0 Å². The predicted molar refractivity (Wildman–Crippen MR) is 53.3 cm³/mol. The summed E-state index contributed by atoms with van der Waals surface area (Å²) in [5.41, 5.74) is 0. The Morgan fingerprint density at radius 2 is 1.30 bits per heavy atom. The molecule has 0 atom stereocenters. The Balaban J connectivity index is -0.0000000208. The van der Waals surface area contributed by atoms with Gasteiger partial charge in [0, 0.05) is 0 Å². The van der Waals surface area contributed by atoms with Crippen LogP contribution in [0.1, 0.15) is 26.2 Å². The van der Waals surface area contributed by atoms with E-state index in [0.29, 0.717) is 0 Å². The van der Waals surface area contributed by atoms with Gasteiger partial charge in [0.1, 0.15) is 0 Å². The summed E-state index contributed by atoms with van der Waals surface area (Å²) in [4.78, 5) is 0. The van der Waals surface area contributed by atoms with Crippen molar-refractivity contribution in [3.63, 3.8) is 0 Å². The van der Waals surface area contributed by atoms with Crippen LogP contribution in [0.3, 0.4) is 0 Å². The number of rotatable bonds is 3. The molecule has 0 nitrogen and oxygen atoms in total. The van der Waals surface area contributed by atoms with E-state index in [2.05, 4.69) is 27.4 Å². The third-order valence-corrected chi connectivity index (χ3v) is 1.33. The molecule has 0 amide bonds. The summed E-state index contributed by atoms with van der Waals surface area (Å²) in [5.74, 6) is 0. The van der Waals surface area contributed by atoms with Gasteiger partial charge < -0.3 is 0 Å². The van der Waals surface area contributed by atoms with E-state index in [1.807, 2.05) is 0 Å². The molecule has 0 aromatic carbocycles. The standard InChI is InChI=1S/C5H11.4ClH.Ti/c1-3-5-4-2;;;;;/h1,3-5H2,2H3;4*1H;. The van der Waals surface area contributed by atoms with Crippen molar-refractivity contribution in [2.75, 3.05) is 0 Å². The van der Waals surface area contributed by atoms with Crippen molar-refractivity contribution in [2.45, 2.75) is 30.9 Å². The number of unbranched alkanes of at least 4 members (excludes halogenated alkanes) is 2. The van der Waals surface area contributed by atoms with Gasteiger partial charge in [-0.25, -0.2) is 0 Å². The fourth-order valence-electron chi connectivity index (χ4n) is 0.375.